The molecule has 1 amide bonds. The number of carbonyl (C=O) groups excluding carboxylic acids is 1. The predicted octanol–water partition coefficient (Wildman–Crippen LogP) is 2.85. The molecule has 1 aliphatic heterocycles. The second-order valence-corrected chi connectivity index (χ2v) is 5.70. The number of hydrogen-bond acceptors (Lipinski definition) is 4. The summed E-state index contributed by atoms with van der Waals surface area (Å²) in [5.41, 5.74) is 0.783. The highest BCUT2D eigenvalue weighted by Gasteiger charge is 2.17. The van der Waals surface area contributed by atoms with Gasteiger partial charge in [0.15, 0.2) is 11.5 Å². The van der Waals surface area contributed by atoms with Gasteiger partial charge in [-0.3, -0.25) is 4.79 Å². The van der Waals surface area contributed by atoms with Gasteiger partial charge in [-0.1, -0.05) is 29.8 Å². The molecule has 6 heteroatoms. The largest absolute Gasteiger partial charge is 0.492 e. The summed E-state index contributed by atoms with van der Waals surface area (Å²) < 4.78 is 16.5. The average Bonchev–Trinajstić information content (AvgIpc) is 2.60. The Morgan fingerprint density at radius 2 is 1.96 bits per heavy atom. The van der Waals surface area contributed by atoms with Gasteiger partial charge in [-0.2, -0.15) is 0 Å². The summed E-state index contributed by atoms with van der Waals surface area (Å²) in [4.78, 5) is 12.0. The van der Waals surface area contributed by atoms with Gasteiger partial charge in [-0.25, -0.2) is 0 Å². The molecule has 2 aromatic rings. The number of nitrogens with one attached hydrogen (secondary N) is 1. The van der Waals surface area contributed by atoms with Gasteiger partial charge in [0.05, 0.1) is 18.0 Å². The molecule has 5 nitrogen and oxygen atoms in total. The molecule has 24 heavy (non-hydrogen) atoms. The number of amides is 1. The van der Waals surface area contributed by atoms with Gasteiger partial charge in [0.25, 0.3) is 0 Å². The Morgan fingerprint density at radius 1 is 1.17 bits per heavy atom. The first-order valence-electron chi connectivity index (χ1n) is 7.75. The fourth-order valence-electron chi connectivity index (χ4n) is 2.39. The summed E-state index contributed by atoms with van der Waals surface area (Å²) in [5.74, 6) is 1.82. The lowest BCUT2D eigenvalue weighted by Crippen LogP contribution is -2.29. The first-order valence-corrected chi connectivity index (χ1v) is 8.13. The zero-order valence-electron chi connectivity index (χ0n) is 13.1. The standard InChI is InChI=1S/C18H18ClNO4/c19-15-10-13(11-16-18(15)24-9-8-23-16)12-17(21)20-6-7-22-14-4-2-1-3-5-14/h1-5,10-11H,6-9,12H2,(H,20,21). The van der Waals surface area contributed by atoms with Gasteiger partial charge in [-0.05, 0) is 29.8 Å². The molecule has 0 bridgehead atoms. The Labute approximate surface area is 145 Å². The maximum absolute atomic E-state index is 12.0. The lowest BCUT2D eigenvalue weighted by Gasteiger charge is -2.20. The molecule has 2 aromatic carbocycles. The van der Waals surface area contributed by atoms with E-state index in [9.17, 15) is 4.79 Å². The Kier molecular flexibility index (Phi) is 5.43. The maximum atomic E-state index is 12.0. The highest BCUT2D eigenvalue weighted by molar-refractivity contribution is 6.32. The van der Waals surface area contributed by atoms with Crippen LogP contribution in [0.4, 0.5) is 0 Å². The normalized spacial score (nSPS) is 12.5. The number of carbonyl (C=O) groups is 1. The monoisotopic (exact) mass is 347 g/mol. The van der Waals surface area contributed by atoms with Crippen LogP contribution >= 0.6 is 11.6 Å². The molecule has 1 N–H and O–H groups in total. The van der Waals surface area contributed by atoms with Crippen LogP contribution in [0, 0.1) is 0 Å². The number of hydrogen-bond donors (Lipinski definition) is 1. The van der Waals surface area contributed by atoms with Crippen molar-refractivity contribution in [2.45, 2.75) is 6.42 Å². The SMILES string of the molecule is O=C(Cc1cc(Cl)c2c(c1)OCCO2)NCCOc1ccccc1. The van der Waals surface area contributed by atoms with Crippen molar-refractivity contribution in [2.75, 3.05) is 26.4 Å². The molecular weight excluding hydrogens is 330 g/mol. The Hall–Kier alpha value is -2.40. The minimum absolute atomic E-state index is 0.0978. The van der Waals surface area contributed by atoms with E-state index in [0.717, 1.165) is 11.3 Å². The van der Waals surface area contributed by atoms with E-state index in [-0.39, 0.29) is 12.3 Å². The molecule has 0 aromatic heterocycles. The second-order valence-electron chi connectivity index (χ2n) is 5.29. The van der Waals surface area contributed by atoms with Gasteiger partial charge in [0.1, 0.15) is 25.6 Å². The van der Waals surface area contributed by atoms with Crippen molar-refractivity contribution in [1.82, 2.24) is 5.32 Å². The average molecular weight is 348 g/mol. The molecule has 0 aliphatic carbocycles. The van der Waals surface area contributed by atoms with Crippen molar-refractivity contribution >= 4 is 17.5 Å². The van der Waals surface area contributed by atoms with Gasteiger partial charge in [-0.15, -0.1) is 0 Å². The van der Waals surface area contributed by atoms with Crippen LogP contribution in [0.15, 0.2) is 42.5 Å². The van der Waals surface area contributed by atoms with Crippen LogP contribution in [0.5, 0.6) is 17.2 Å². The highest BCUT2D eigenvalue weighted by atomic mass is 35.5. The summed E-state index contributed by atoms with van der Waals surface area (Å²) in [5, 5.41) is 3.28. The summed E-state index contributed by atoms with van der Waals surface area (Å²) in [6.07, 6.45) is 0.224. The van der Waals surface area contributed by atoms with E-state index in [1.165, 1.54) is 0 Å². The van der Waals surface area contributed by atoms with E-state index in [1.54, 1.807) is 12.1 Å². The first-order chi connectivity index (χ1) is 11.7. The van der Waals surface area contributed by atoms with Gasteiger partial charge < -0.3 is 19.5 Å². The van der Waals surface area contributed by atoms with Gasteiger partial charge >= 0.3 is 0 Å². The molecule has 0 unspecified atom stereocenters. The Bertz CT molecular complexity index is 706. The molecular formula is C18H18ClNO4. The zero-order chi connectivity index (χ0) is 16.8. The predicted molar refractivity (Wildman–Crippen MR) is 91.1 cm³/mol. The summed E-state index contributed by atoms with van der Waals surface area (Å²) in [7, 11) is 0. The number of para-hydroxylation sites is 1. The van der Waals surface area contributed by atoms with Crippen molar-refractivity contribution in [2.24, 2.45) is 0 Å². The van der Waals surface area contributed by atoms with Crippen LogP contribution in [0.2, 0.25) is 5.02 Å². The van der Waals surface area contributed by atoms with E-state index in [0.29, 0.717) is 42.9 Å². The molecule has 0 spiro atoms. The molecule has 126 valence electrons. The molecule has 0 saturated carbocycles. The quantitative estimate of drug-likeness (QED) is 0.816. The third-order valence-electron chi connectivity index (χ3n) is 3.46. The van der Waals surface area contributed by atoms with E-state index >= 15 is 0 Å². The zero-order valence-corrected chi connectivity index (χ0v) is 13.8. The van der Waals surface area contributed by atoms with Crippen LogP contribution in [-0.4, -0.2) is 32.3 Å². The minimum Gasteiger partial charge on any atom is -0.492 e. The number of ether oxygens (including phenoxy) is 3. The van der Waals surface area contributed by atoms with Crippen LogP contribution in [0.25, 0.3) is 0 Å². The molecule has 0 atom stereocenters. The summed E-state index contributed by atoms with van der Waals surface area (Å²) in [6.45, 7) is 1.81. The van der Waals surface area contributed by atoms with Crippen molar-refractivity contribution in [1.29, 1.82) is 0 Å². The number of halogens is 1. The second kappa shape index (κ2) is 7.93. The fourth-order valence-corrected chi connectivity index (χ4v) is 2.68. The first kappa shape index (κ1) is 16.5. The molecule has 1 aliphatic rings. The lowest BCUT2D eigenvalue weighted by molar-refractivity contribution is -0.120. The lowest BCUT2D eigenvalue weighted by atomic mass is 10.1. The van der Waals surface area contributed by atoms with Crippen LogP contribution in [-0.2, 0) is 11.2 Å². The number of fused-ring (bicyclic) bond motifs is 1. The van der Waals surface area contributed by atoms with Gasteiger partial charge in [0, 0.05) is 0 Å². The van der Waals surface area contributed by atoms with E-state index in [4.69, 9.17) is 25.8 Å². The van der Waals surface area contributed by atoms with Crippen LogP contribution in [0.1, 0.15) is 5.56 Å². The topological polar surface area (TPSA) is 56.8 Å². The summed E-state index contributed by atoms with van der Waals surface area (Å²) in [6, 6.07) is 13.0. The van der Waals surface area contributed by atoms with E-state index in [2.05, 4.69) is 5.32 Å². The van der Waals surface area contributed by atoms with E-state index in [1.807, 2.05) is 30.3 Å². The molecule has 3 rings (SSSR count). The van der Waals surface area contributed by atoms with Crippen molar-refractivity contribution in [3.05, 3.63) is 53.1 Å². The Morgan fingerprint density at radius 3 is 2.79 bits per heavy atom. The Balaban J connectivity index is 1.47. The third kappa shape index (κ3) is 4.32. The van der Waals surface area contributed by atoms with Crippen molar-refractivity contribution in [3.8, 4) is 17.2 Å². The van der Waals surface area contributed by atoms with Crippen LogP contribution < -0.4 is 19.5 Å². The smallest absolute Gasteiger partial charge is 0.224 e. The molecule has 0 fully saturated rings. The molecule has 0 saturated heterocycles. The van der Waals surface area contributed by atoms with Crippen molar-refractivity contribution in [3.63, 3.8) is 0 Å². The van der Waals surface area contributed by atoms with E-state index < -0.39 is 0 Å². The number of benzene rings is 2. The minimum atomic E-state index is -0.0978. The fraction of sp³-hybridized carbons (Fsp3) is 0.278. The molecule has 1 heterocycles. The van der Waals surface area contributed by atoms with Gasteiger partial charge in [0.2, 0.25) is 5.91 Å². The number of rotatable bonds is 6. The van der Waals surface area contributed by atoms with Crippen LogP contribution in [0.3, 0.4) is 0 Å². The molecule has 0 radical (unpaired) electrons. The summed E-state index contributed by atoms with van der Waals surface area (Å²) >= 11 is 6.17. The third-order valence-corrected chi connectivity index (χ3v) is 3.74. The van der Waals surface area contributed by atoms with Crippen molar-refractivity contribution < 1.29 is 19.0 Å². The maximum Gasteiger partial charge on any atom is 0.224 e. The highest BCUT2D eigenvalue weighted by Crippen LogP contribution is 2.38.